The summed E-state index contributed by atoms with van der Waals surface area (Å²) in [6, 6.07) is 4.33. The summed E-state index contributed by atoms with van der Waals surface area (Å²) in [6.45, 7) is 2.73. The average molecular weight is 361 g/mol. The van der Waals surface area contributed by atoms with Crippen molar-refractivity contribution >= 4 is 11.9 Å². The van der Waals surface area contributed by atoms with Gasteiger partial charge >= 0.3 is 5.97 Å². The number of benzene rings is 1. The van der Waals surface area contributed by atoms with E-state index in [9.17, 15) is 14.7 Å². The molecule has 0 aliphatic rings. The molecule has 0 aliphatic heterocycles. The van der Waals surface area contributed by atoms with Crippen LogP contribution < -0.4 is 14.8 Å². The Morgan fingerprint density at radius 3 is 2.62 bits per heavy atom. The molecule has 26 heavy (non-hydrogen) atoms. The standard InChI is InChI=1S/C18H23N3O5/c1-4-7-21-11-13(10-19-21)18(24)20-14(9-17(22)23)12-5-6-15(25-2)16(8-12)26-3/h5-6,8,10-11,14H,4,7,9H2,1-3H3,(H,20,24)(H,22,23). The molecule has 1 amide bonds. The molecule has 0 saturated heterocycles. The van der Waals surface area contributed by atoms with Gasteiger partial charge in [-0.3, -0.25) is 14.3 Å². The SMILES string of the molecule is CCCn1cc(C(=O)NC(CC(=O)O)c2ccc(OC)c(OC)c2)cn1. The lowest BCUT2D eigenvalue weighted by atomic mass is 10.0. The topological polar surface area (TPSA) is 103 Å². The Bertz CT molecular complexity index is 772. The first-order valence-corrected chi connectivity index (χ1v) is 8.25. The van der Waals surface area contributed by atoms with Crippen molar-refractivity contribution < 1.29 is 24.2 Å². The van der Waals surface area contributed by atoms with E-state index in [-0.39, 0.29) is 12.3 Å². The number of ether oxygens (including phenoxy) is 2. The molecule has 0 saturated carbocycles. The number of nitrogens with one attached hydrogen (secondary N) is 1. The molecule has 1 atom stereocenters. The third-order valence-corrected chi connectivity index (χ3v) is 3.84. The number of methoxy groups -OCH3 is 2. The van der Waals surface area contributed by atoms with E-state index in [1.54, 1.807) is 29.1 Å². The van der Waals surface area contributed by atoms with Gasteiger partial charge in [0.2, 0.25) is 0 Å². The molecule has 0 spiro atoms. The van der Waals surface area contributed by atoms with Gasteiger partial charge in [-0.15, -0.1) is 0 Å². The largest absolute Gasteiger partial charge is 0.493 e. The average Bonchev–Trinajstić information content (AvgIpc) is 3.09. The van der Waals surface area contributed by atoms with Crippen molar-refractivity contribution in [2.45, 2.75) is 32.4 Å². The predicted molar refractivity (Wildman–Crippen MR) is 94.5 cm³/mol. The molecule has 8 nitrogen and oxygen atoms in total. The third-order valence-electron chi connectivity index (χ3n) is 3.84. The van der Waals surface area contributed by atoms with Gasteiger partial charge in [-0.1, -0.05) is 13.0 Å². The van der Waals surface area contributed by atoms with E-state index >= 15 is 0 Å². The lowest BCUT2D eigenvalue weighted by Crippen LogP contribution is -2.30. The minimum atomic E-state index is -1.02. The number of carbonyl (C=O) groups is 2. The van der Waals surface area contributed by atoms with Gasteiger partial charge in [-0.25, -0.2) is 0 Å². The second-order valence-electron chi connectivity index (χ2n) is 5.73. The van der Waals surface area contributed by atoms with Gasteiger partial charge in [0, 0.05) is 12.7 Å². The van der Waals surface area contributed by atoms with E-state index in [1.807, 2.05) is 6.92 Å². The highest BCUT2D eigenvalue weighted by molar-refractivity contribution is 5.94. The van der Waals surface area contributed by atoms with Gasteiger partial charge < -0.3 is 19.9 Å². The zero-order valence-corrected chi connectivity index (χ0v) is 15.1. The lowest BCUT2D eigenvalue weighted by Gasteiger charge is -2.18. The van der Waals surface area contributed by atoms with Crippen LogP contribution in [0.15, 0.2) is 30.6 Å². The summed E-state index contributed by atoms with van der Waals surface area (Å²) >= 11 is 0. The first-order valence-electron chi connectivity index (χ1n) is 8.25. The number of aromatic nitrogens is 2. The summed E-state index contributed by atoms with van der Waals surface area (Å²) in [5.41, 5.74) is 0.994. The lowest BCUT2D eigenvalue weighted by molar-refractivity contribution is -0.137. The van der Waals surface area contributed by atoms with E-state index in [0.717, 1.165) is 6.42 Å². The molecule has 0 fully saturated rings. The maximum Gasteiger partial charge on any atom is 0.305 e. The normalized spacial score (nSPS) is 11.7. The quantitative estimate of drug-likeness (QED) is 0.710. The number of carboxylic acid groups (broad SMARTS) is 1. The number of hydrogen-bond donors (Lipinski definition) is 2. The molecule has 8 heteroatoms. The number of rotatable bonds is 9. The van der Waals surface area contributed by atoms with Crippen molar-refractivity contribution in [3.63, 3.8) is 0 Å². The van der Waals surface area contributed by atoms with Crippen LogP contribution in [0.25, 0.3) is 0 Å². The van der Waals surface area contributed by atoms with Crippen LogP contribution in [0.3, 0.4) is 0 Å². The summed E-state index contributed by atoms with van der Waals surface area (Å²) in [7, 11) is 3.01. The molecule has 2 N–H and O–H groups in total. The predicted octanol–water partition coefficient (Wildman–Crippen LogP) is 2.26. The van der Waals surface area contributed by atoms with Crippen LogP contribution in [0.4, 0.5) is 0 Å². The monoisotopic (exact) mass is 361 g/mol. The Balaban J connectivity index is 2.23. The first kappa shape index (κ1) is 19.3. The van der Waals surface area contributed by atoms with E-state index in [2.05, 4.69) is 10.4 Å². The van der Waals surface area contributed by atoms with Crippen molar-refractivity contribution in [1.82, 2.24) is 15.1 Å². The molecule has 1 aromatic carbocycles. The molecule has 1 unspecified atom stereocenters. The summed E-state index contributed by atoms with van der Waals surface area (Å²) in [4.78, 5) is 23.7. The Labute approximate surface area is 151 Å². The van der Waals surface area contributed by atoms with E-state index in [0.29, 0.717) is 29.2 Å². The Kier molecular flexibility index (Phi) is 6.60. The van der Waals surface area contributed by atoms with Gasteiger partial charge in [-0.05, 0) is 24.1 Å². The second-order valence-corrected chi connectivity index (χ2v) is 5.73. The first-order chi connectivity index (χ1) is 12.5. The van der Waals surface area contributed by atoms with Crippen molar-refractivity contribution in [2.75, 3.05) is 14.2 Å². The van der Waals surface area contributed by atoms with Crippen LogP contribution in [-0.2, 0) is 11.3 Å². The van der Waals surface area contributed by atoms with E-state index in [1.165, 1.54) is 20.4 Å². The summed E-state index contributed by atoms with van der Waals surface area (Å²) < 4.78 is 12.1. The van der Waals surface area contributed by atoms with Crippen LogP contribution in [0.1, 0.15) is 41.7 Å². The molecule has 1 aromatic heterocycles. The number of aliphatic carboxylic acids is 1. The Morgan fingerprint density at radius 2 is 2.00 bits per heavy atom. The number of amides is 1. The fourth-order valence-corrected chi connectivity index (χ4v) is 2.57. The van der Waals surface area contributed by atoms with E-state index < -0.39 is 12.0 Å². The van der Waals surface area contributed by atoms with Crippen LogP contribution in [0.5, 0.6) is 11.5 Å². The fourth-order valence-electron chi connectivity index (χ4n) is 2.57. The molecular formula is C18H23N3O5. The van der Waals surface area contributed by atoms with Gasteiger partial charge in [0.05, 0.1) is 38.4 Å². The maximum absolute atomic E-state index is 12.5. The molecule has 2 aromatic rings. The smallest absolute Gasteiger partial charge is 0.305 e. The van der Waals surface area contributed by atoms with Crippen LogP contribution in [0, 0.1) is 0 Å². The molecular weight excluding hydrogens is 338 g/mol. The molecule has 0 radical (unpaired) electrons. The van der Waals surface area contributed by atoms with Gasteiger partial charge in [-0.2, -0.15) is 5.10 Å². The summed E-state index contributed by atoms with van der Waals surface area (Å²) in [5.74, 6) is -0.414. The third kappa shape index (κ3) is 4.75. The molecule has 140 valence electrons. The van der Waals surface area contributed by atoms with Gasteiger partial charge in [0.15, 0.2) is 11.5 Å². The minimum Gasteiger partial charge on any atom is -0.493 e. The number of nitrogens with zero attached hydrogens (tertiary/aromatic N) is 2. The minimum absolute atomic E-state index is 0.260. The van der Waals surface area contributed by atoms with Crippen molar-refractivity contribution in [2.24, 2.45) is 0 Å². The van der Waals surface area contributed by atoms with Crippen molar-refractivity contribution in [3.8, 4) is 11.5 Å². The zero-order valence-electron chi connectivity index (χ0n) is 15.1. The zero-order chi connectivity index (χ0) is 19.1. The second kappa shape index (κ2) is 8.89. The summed E-state index contributed by atoms with van der Waals surface area (Å²) in [5, 5.41) is 16.1. The molecule has 1 heterocycles. The highest BCUT2D eigenvalue weighted by atomic mass is 16.5. The van der Waals surface area contributed by atoms with Gasteiger partial charge in [0.1, 0.15) is 0 Å². The highest BCUT2D eigenvalue weighted by Gasteiger charge is 2.21. The number of hydrogen-bond acceptors (Lipinski definition) is 5. The molecule has 0 aliphatic carbocycles. The highest BCUT2D eigenvalue weighted by Crippen LogP contribution is 2.31. The molecule has 2 rings (SSSR count). The van der Waals surface area contributed by atoms with E-state index in [4.69, 9.17) is 9.47 Å². The Morgan fingerprint density at radius 1 is 1.27 bits per heavy atom. The fraction of sp³-hybridized carbons (Fsp3) is 0.389. The number of carbonyl (C=O) groups excluding carboxylic acids is 1. The van der Waals surface area contributed by atoms with Gasteiger partial charge in [0.25, 0.3) is 5.91 Å². The number of aryl methyl sites for hydroxylation is 1. The van der Waals surface area contributed by atoms with Crippen LogP contribution in [-0.4, -0.2) is 41.0 Å². The Hall–Kier alpha value is -3.03. The van der Waals surface area contributed by atoms with Crippen molar-refractivity contribution in [1.29, 1.82) is 0 Å². The molecule has 0 bridgehead atoms. The summed E-state index contributed by atoms with van der Waals surface area (Å²) in [6.07, 6.45) is 3.75. The maximum atomic E-state index is 12.5. The van der Waals surface area contributed by atoms with Crippen LogP contribution in [0.2, 0.25) is 0 Å². The van der Waals surface area contributed by atoms with Crippen LogP contribution >= 0.6 is 0 Å². The number of carboxylic acids is 1. The van der Waals surface area contributed by atoms with Crippen molar-refractivity contribution in [3.05, 3.63) is 41.7 Å².